The highest BCUT2D eigenvalue weighted by Crippen LogP contribution is 2.33. The van der Waals surface area contributed by atoms with Crippen LogP contribution in [0.2, 0.25) is 0 Å². The summed E-state index contributed by atoms with van der Waals surface area (Å²) >= 11 is 0. The molecule has 1 aliphatic rings. The minimum atomic E-state index is -0.965. The Hall–Kier alpha value is -3.81. The molecule has 1 unspecified atom stereocenters. The zero-order valence-electron chi connectivity index (χ0n) is 17.6. The van der Waals surface area contributed by atoms with Crippen LogP contribution in [0.5, 0.6) is 0 Å². The third-order valence-corrected chi connectivity index (χ3v) is 5.75. The lowest BCUT2D eigenvalue weighted by molar-refractivity contribution is 0.0697. The molecule has 2 heterocycles. The predicted octanol–water partition coefficient (Wildman–Crippen LogP) is 2.62. The topological polar surface area (TPSA) is 96.6 Å². The number of nitrogens with one attached hydrogen (secondary N) is 1. The molecule has 2 aromatic carbocycles. The lowest BCUT2D eigenvalue weighted by Crippen LogP contribution is -2.39. The maximum Gasteiger partial charge on any atom is 0.336 e. The van der Waals surface area contributed by atoms with Gasteiger partial charge in [-0.1, -0.05) is 49.4 Å². The van der Waals surface area contributed by atoms with Crippen LogP contribution < -0.4 is 21.5 Å². The summed E-state index contributed by atoms with van der Waals surface area (Å²) < 4.78 is 2.60. The Morgan fingerprint density at radius 2 is 1.71 bits per heavy atom. The smallest absolute Gasteiger partial charge is 0.336 e. The van der Waals surface area contributed by atoms with Crippen molar-refractivity contribution in [2.75, 3.05) is 10.2 Å². The van der Waals surface area contributed by atoms with Crippen molar-refractivity contribution < 1.29 is 9.90 Å². The molecule has 0 spiro atoms. The molecule has 3 aromatic rings. The molecule has 8 heteroatoms. The fourth-order valence-corrected chi connectivity index (χ4v) is 4.10. The molecule has 2 N–H and O–H groups in total. The standard InChI is InChI=1S/C23H24N4O4/c1-4-18-24-19-20(25(2)23(31)26(3)21(19)28)27(18)13-14-9-11-15(12-10-14)16-7-5-6-8-17(16)22(29)30/h5-12,18,24H,4,13H2,1-3H3,(H,29,30). The Labute approximate surface area is 179 Å². The van der Waals surface area contributed by atoms with Crippen LogP contribution >= 0.6 is 0 Å². The maximum absolute atomic E-state index is 12.6. The van der Waals surface area contributed by atoms with Gasteiger partial charge in [0.2, 0.25) is 0 Å². The van der Waals surface area contributed by atoms with Crippen LogP contribution in [-0.2, 0) is 20.6 Å². The van der Waals surface area contributed by atoms with Gasteiger partial charge in [0.15, 0.2) is 0 Å². The van der Waals surface area contributed by atoms with Gasteiger partial charge < -0.3 is 15.3 Å². The quantitative estimate of drug-likeness (QED) is 0.659. The summed E-state index contributed by atoms with van der Waals surface area (Å²) in [4.78, 5) is 38.6. The summed E-state index contributed by atoms with van der Waals surface area (Å²) in [6.45, 7) is 2.52. The first-order valence-electron chi connectivity index (χ1n) is 10.1. The first-order chi connectivity index (χ1) is 14.8. The average molecular weight is 420 g/mol. The molecule has 4 rings (SSSR count). The third-order valence-electron chi connectivity index (χ3n) is 5.75. The SMILES string of the molecule is CCC1Nc2c(n(C)c(=O)n(C)c2=O)N1Cc1ccc(-c2ccccc2C(=O)O)cc1. The van der Waals surface area contributed by atoms with E-state index in [1.165, 1.54) is 11.6 Å². The summed E-state index contributed by atoms with van der Waals surface area (Å²) in [5.41, 5.74) is 2.45. The van der Waals surface area contributed by atoms with Crippen LogP contribution in [0.1, 0.15) is 29.3 Å². The van der Waals surface area contributed by atoms with E-state index in [2.05, 4.69) is 5.32 Å². The van der Waals surface area contributed by atoms with E-state index in [0.29, 0.717) is 23.6 Å². The van der Waals surface area contributed by atoms with Crippen molar-refractivity contribution in [3.63, 3.8) is 0 Å². The molecular formula is C23H24N4O4. The van der Waals surface area contributed by atoms with Gasteiger partial charge in [-0.25, -0.2) is 9.59 Å². The van der Waals surface area contributed by atoms with Crippen molar-refractivity contribution >= 4 is 17.5 Å². The maximum atomic E-state index is 12.6. The normalized spacial score (nSPS) is 14.9. The van der Waals surface area contributed by atoms with Crippen LogP contribution in [0.15, 0.2) is 58.1 Å². The van der Waals surface area contributed by atoms with Crippen LogP contribution in [-0.4, -0.2) is 26.4 Å². The van der Waals surface area contributed by atoms with E-state index in [1.54, 1.807) is 25.2 Å². The third kappa shape index (κ3) is 3.39. The van der Waals surface area contributed by atoms with E-state index in [4.69, 9.17) is 0 Å². The van der Waals surface area contributed by atoms with Gasteiger partial charge in [-0.15, -0.1) is 0 Å². The number of hydrogen-bond donors (Lipinski definition) is 2. The second-order valence-corrected chi connectivity index (χ2v) is 7.65. The molecule has 31 heavy (non-hydrogen) atoms. The molecule has 0 saturated heterocycles. The van der Waals surface area contributed by atoms with Crippen molar-refractivity contribution in [3.8, 4) is 11.1 Å². The molecule has 0 fully saturated rings. The van der Waals surface area contributed by atoms with Gasteiger partial charge in [0.25, 0.3) is 5.56 Å². The summed E-state index contributed by atoms with van der Waals surface area (Å²) in [5, 5.41) is 12.7. The summed E-state index contributed by atoms with van der Waals surface area (Å²) in [5.74, 6) is -0.382. The number of benzene rings is 2. The number of carbonyl (C=O) groups is 1. The van der Waals surface area contributed by atoms with Crippen molar-refractivity contribution in [2.24, 2.45) is 14.1 Å². The lowest BCUT2D eigenvalue weighted by atomic mass is 9.98. The molecule has 160 valence electrons. The molecular weight excluding hydrogens is 396 g/mol. The minimum absolute atomic E-state index is 0.108. The Balaban J connectivity index is 1.69. The molecule has 0 bridgehead atoms. The van der Waals surface area contributed by atoms with Crippen molar-refractivity contribution in [1.82, 2.24) is 9.13 Å². The molecule has 1 atom stereocenters. The number of aromatic nitrogens is 2. The Morgan fingerprint density at radius 1 is 1.03 bits per heavy atom. The van der Waals surface area contributed by atoms with Gasteiger partial charge >= 0.3 is 11.7 Å². The highest BCUT2D eigenvalue weighted by molar-refractivity contribution is 5.96. The fraction of sp³-hybridized carbons (Fsp3) is 0.261. The van der Waals surface area contributed by atoms with E-state index >= 15 is 0 Å². The first kappa shape index (κ1) is 20.5. The number of carboxylic acid groups (broad SMARTS) is 1. The average Bonchev–Trinajstić information content (AvgIpc) is 3.15. The monoisotopic (exact) mass is 420 g/mol. The fourth-order valence-electron chi connectivity index (χ4n) is 4.10. The van der Waals surface area contributed by atoms with Crippen LogP contribution in [0.4, 0.5) is 11.5 Å². The Morgan fingerprint density at radius 3 is 2.35 bits per heavy atom. The van der Waals surface area contributed by atoms with Crippen molar-refractivity contribution in [1.29, 1.82) is 0 Å². The van der Waals surface area contributed by atoms with Gasteiger partial charge in [0.1, 0.15) is 17.7 Å². The summed E-state index contributed by atoms with van der Waals surface area (Å²) in [6, 6.07) is 14.6. The highest BCUT2D eigenvalue weighted by atomic mass is 16.4. The number of aromatic carboxylic acids is 1. The van der Waals surface area contributed by atoms with E-state index < -0.39 is 5.97 Å². The van der Waals surface area contributed by atoms with E-state index in [0.717, 1.165) is 22.1 Å². The zero-order chi connectivity index (χ0) is 22.3. The molecule has 0 amide bonds. The second-order valence-electron chi connectivity index (χ2n) is 7.65. The Kier molecular flexibility index (Phi) is 5.14. The highest BCUT2D eigenvalue weighted by Gasteiger charge is 2.33. The molecule has 0 radical (unpaired) electrons. The molecule has 1 aromatic heterocycles. The van der Waals surface area contributed by atoms with E-state index in [-0.39, 0.29) is 23.0 Å². The summed E-state index contributed by atoms with van der Waals surface area (Å²) in [6.07, 6.45) is 0.638. The number of fused-ring (bicyclic) bond motifs is 1. The van der Waals surface area contributed by atoms with Crippen molar-refractivity contribution in [2.45, 2.75) is 26.1 Å². The second kappa shape index (κ2) is 7.79. The van der Waals surface area contributed by atoms with Crippen LogP contribution in [0, 0.1) is 0 Å². The van der Waals surface area contributed by atoms with Gasteiger partial charge in [0, 0.05) is 20.6 Å². The van der Waals surface area contributed by atoms with Gasteiger partial charge in [0.05, 0.1) is 5.56 Å². The number of hydrogen-bond acceptors (Lipinski definition) is 5. The number of rotatable bonds is 5. The van der Waals surface area contributed by atoms with Gasteiger partial charge in [-0.2, -0.15) is 0 Å². The molecule has 0 aliphatic carbocycles. The van der Waals surface area contributed by atoms with Crippen LogP contribution in [0.3, 0.4) is 0 Å². The largest absolute Gasteiger partial charge is 0.478 e. The minimum Gasteiger partial charge on any atom is -0.478 e. The van der Waals surface area contributed by atoms with Gasteiger partial charge in [-0.05, 0) is 29.2 Å². The lowest BCUT2D eigenvalue weighted by Gasteiger charge is -2.27. The zero-order valence-corrected chi connectivity index (χ0v) is 17.6. The predicted molar refractivity (Wildman–Crippen MR) is 120 cm³/mol. The summed E-state index contributed by atoms with van der Waals surface area (Å²) in [7, 11) is 3.14. The number of nitrogens with zero attached hydrogens (tertiary/aromatic N) is 3. The van der Waals surface area contributed by atoms with Crippen molar-refractivity contribution in [3.05, 3.63) is 80.5 Å². The number of carboxylic acids is 1. The van der Waals surface area contributed by atoms with E-state index in [1.807, 2.05) is 42.2 Å². The first-order valence-corrected chi connectivity index (χ1v) is 10.1. The molecule has 0 saturated carbocycles. The van der Waals surface area contributed by atoms with Crippen LogP contribution in [0.25, 0.3) is 11.1 Å². The van der Waals surface area contributed by atoms with E-state index in [9.17, 15) is 19.5 Å². The molecule has 8 nitrogen and oxygen atoms in total. The van der Waals surface area contributed by atoms with Gasteiger partial charge in [-0.3, -0.25) is 13.9 Å². The Bertz CT molecular complexity index is 1270. The molecule has 1 aliphatic heterocycles. The number of anilines is 2.